The van der Waals surface area contributed by atoms with Crippen molar-refractivity contribution in [3.05, 3.63) is 52.6 Å². The number of carbonyl (C=O) groups excluding carboxylic acids is 1. The second-order valence-electron chi connectivity index (χ2n) is 5.88. The summed E-state index contributed by atoms with van der Waals surface area (Å²) >= 11 is 6.35. The van der Waals surface area contributed by atoms with Gasteiger partial charge in [-0.25, -0.2) is 4.79 Å². The van der Waals surface area contributed by atoms with E-state index in [4.69, 9.17) is 21.6 Å². The van der Waals surface area contributed by atoms with Crippen molar-refractivity contribution in [2.24, 2.45) is 0 Å². The average molecular weight is 359 g/mol. The zero-order valence-corrected chi connectivity index (χ0v) is 14.3. The van der Waals surface area contributed by atoms with Crippen LogP contribution in [-0.4, -0.2) is 37.9 Å². The van der Waals surface area contributed by atoms with Gasteiger partial charge < -0.3 is 20.7 Å². The van der Waals surface area contributed by atoms with E-state index in [2.05, 4.69) is 16.0 Å². The minimum Gasteiger partial charge on any atom is -0.371 e. The van der Waals surface area contributed by atoms with Crippen molar-refractivity contribution in [1.82, 2.24) is 10.6 Å². The van der Waals surface area contributed by atoms with E-state index in [1.807, 2.05) is 18.2 Å². The summed E-state index contributed by atoms with van der Waals surface area (Å²) in [7, 11) is 0. The van der Waals surface area contributed by atoms with Crippen LogP contribution in [0, 0.1) is 11.3 Å². The molecule has 0 spiro atoms. The third-order valence-electron chi connectivity index (χ3n) is 4.08. The standard InChI is InChI=1S/C18H19ClN4O2/c19-15-9-13(17-11-21-6-7-25-17)4-5-16(15)23-18(24)22-14-3-1-2-12(8-14)10-20/h1-4,8-9,16-17,21H,5-7,11H2,(H2,22,23,24)/t16?,17-/m0/s1. The molecule has 0 saturated carbocycles. The highest BCUT2D eigenvalue weighted by Gasteiger charge is 2.24. The SMILES string of the molecule is N#Cc1cccc(NC(=O)NC2CC=C([C@@H]3CNCCO3)C=C2Cl)c1. The Hall–Kier alpha value is -2.33. The molecule has 130 valence electrons. The van der Waals surface area contributed by atoms with Crippen LogP contribution in [0.4, 0.5) is 10.5 Å². The first-order chi connectivity index (χ1) is 12.2. The molecule has 1 aliphatic heterocycles. The van der Waals surface area contributed by atoms with E-state index in [-0.39, 0.29) is 18.2 Å². The van der Waals surface area contributed by atoms with E-state index in [9.17, 15) is 4.79 Å². The highest BCUT2D eigenvalue weighted by Crippen LogP contribution is 2.25. The lowest BCUT2D eigenvalue weighted by Crippen LogP contribution is -2.41. The second-order valence-corrected chi connectivity index (χ2v) is 6.31. The van der Waals surface area contributed by atoms with Gasteiger partial charge in [0.15, 0.2) is 0 Å². The normalized spacial score (nSPS) is 23.0. The van der Waals surface area contributed by atoms with E-state index in [0.29, 0.717) is 29.3 Å². The molecule has 1 fully saturated rings. The Labute approximate surface area is 151 Å². The molecular weight excluding hydrogens is 340 g/mol. The van der Waals surface area contributed by atoms with Crippen LogP contribution in [0.2, 0.25) is 0 Å². The van der Waals surface area contributed by atoms with E-state index in [0.717, 1.165) is 18.7 Å². The minimum absolute atomic E-state index is 0.00555. The monoisotopic (exact) mass is 358 g/mol. The molecule has 6 nitrogen and oxygen atoms in total. The van der Waals surface area contributed by atoms with Crippen molar-refractivity contribution >= 4 is 23.3 Å². The molecule has 3 rings (SSSR count). The zero-order chi connectivity index (χ0) is 17.6. The van der Waals surface area contributed by atoms with Gasteiger partial charge in [-0.05, 0) is 36.3 Å². The third kappa shape index (κ3) is 4.60. The van der Waals surface area contributed by atoms with Gasteiger partial charge in [0.1, 0.15) is 0 Å². The number of morpholine rings is 1. The molecule has 1 aliphatic carbocycles. The third-order valence-corrected chi connectivity index (χ3v) is 4.45. The summed E-state index contributed by atoms with van der Waals surface area (Å²) in [6.07, 6.45) is 4.52. The number of nitrogens with one attached hydrogen (secondary N) is 3. The number of nitriles is 1. The van der Waals surface area contributed by atoms with Gasteiger partial charge in [0, 0.05) is 23.8 Å². The largest absolute Gasteiger partial charge is 0.371 e. The highest BCUT2D eigenvalue weighted by molar-refractivity contribution is 6.30. The number of halogens is 1. The molecule has 2 atom stereocenters. The minimum atomic E-state index is -0.362. The molecule has 25 heavy (non-hydrogen) atoms. The van der Waals surface area contributed by atoms with Crippen LogP contribution in [0.1, 0.15) is 12.0 Å². The first-order valence-electron chi connectivity index (χ1n) is 8.13. The lowest BCUT2D eigenvalue weighted by Gasteiger charge is -2.28. The second kappa shape index (κ2) is 8.17. The molecule has 0 aromatic heterocycles. The van der Waals surface area contributed by atoms with Gasteiger partial charge in [-0.3, -0.25) is 0 Å². The number of urea groups is 1. The summed E-state index contributed by atoms with van der Waals surface area (Å²) in [5, 5.41) is 18.3. The Morgan fingerprint density at radius 3 is 3.04 bits per heavy atom. The van der Waals surface area contributed by atoms with Crippen molar-refractivity contribution < 1.29 is 9.53 Å². The number of benzene rings is 1. The Balaban J connectivity index is 1.56. The summed E-state index contributed by atoms with van der Waals surface area (Å²) < 4.78 is 5.72. The number of nitrogens with zero attached hydrogens (tertiary/aromatic N) is 1. The van der Waals surface area contributed by atoms with Crippen molar-refractivity contribution in [3.63, 3.8) is 0 Å². The Bertz CT molecular complexity index is 748. The molecule has 1 aromatic rings. The van der Waals surface area contributed by atoms with Crippen LogP contribution >= 0.6 is 11.6 Å². The van der Waals surface area contributed by atoms with Crippen LogP contribution in [0.15, 0.2) is 47.0 Å². The molecule has 7 heteroatoms. The van der Waals surface area contributed by atoms with Gasteiger partial charge in [-0.15, -0.1) is 0 Å². The summed E-state index contributed by atoms with van der Waals surface area (Å²) in [5.74, 6) is 0. The number of ether oxygens (including phenoxy) is 1. The lowest BCUT2D eigenvalue weighted by molar-refractivity contribution is 0.0535. The summed E-state index contributed by atoms with van der Waals surface area (Å²) in [4.78, 5) is 12.2. The number of rotatable bonds is 3. The first kappa shape index (κ1) is 17.5. The average Bonchev–Trinajstić information content (AvgIpc) is 2.64. The van der Waals surface area contributed by atoms with Gasteiger partial charge >= 0.3 is 6.03 Å². The van der Waals surface area contributed by atoms with Crippen molar-refractivity contribution in [2.75, 3.05) is 25.0 Å². The lowest BCUT2D eigenvalue weighted by atomic mass is 9.98. The molecule has 0 radical (unpaired) electrons. The Kier molecular flexibility index (Phi) is 5.71. The van der Waals surface area contributed by atoms with Crippen LogP contribution in [0.5, 0.6) is 0 Å². The molecular formula is C18H19ClN4O2. The number of carbonyl (C=O) groups is 1. The Morgan fingerprint density at radius 1 is 1.44 bits per heavy atom. The molecule has 1 heterocycles. The van der Waals surface area contributed by atoms with Gasteiger partial charge in [-0.1, -0.05) is 23.7 Å². The topological polar surface area (TPSA) is 86.2 Å². The van der Waals surface area contributed by atoms with E-state index in [1.54, 1.807) is 24.3 Å². The van der Waals surface area contributed by atoms with E-state index < -0.39 is 0 Å². The van der Waals surface area contributed by atoms with Crippen molar-refractivity contribution in [1.29, 1.82) is 5.26 Å². The molecule has 1 saturated heterocycles. The number of amides is 2. The van der Waals surface area contributed by atoms with Gasteiger partial charge in [-0.2, -0.15) is 5.26 Å². The molecule has 3 N–H and O–H groups in total. The maximum atomic E-state index is 12.2. The van der Waals surface area contributed by atoms with Crippen molar-refractivity contribution in [3.8, 4) is 6.07 Å². The van der Waals surface area contributed by atoms with Crippen molar-refractivity contribution in [2.45, 2.75) is 18.6 Å². The highest BCUT2D eigenvalue weighted by atomic mass is 35.5. The number of hydrogen-bond acceptors (Lipinski definition) is 4. The fraction of sp³-hybridized carbons (Fsp3) is 0.333. The fourth-order valence-electron chi connectivity index (χ4n) is 2.81. The van der Waals surface area contributed by atoms with Gasteiger partial charge in [0.25, 0.3) is 0 Å². The number of hydrogen-bond donors (Lipinski definition) is 3. The molecule has 2 amide bonds. The summed E-state index contributed by atoms with van der Waals surface area (Å²) in [5.41, 5.74) is 2.09. The molecule has 1 aromatic carbocycles. The fourth-order valence-corrected chi connectivity index (χ4v) is 3.08. The maximum Gasteiger partial charge on any atom is 0.319 e. The van der Waals surface area contributed by atoms with Crippen LogP contribution in [0.25, 0.3) is 0 Å². The predicted octanol–water partition coefficient (Wildman–Crippen LogP) is 2.49. The van der Waals surface area contributed by atoms with Gasteiger partial charge in [0.2, 0.25) is 0 Å². The van der Waals surface area contributed by atoms with E-state index in [1.165, 1.54) is 0 Å². The molecule has 2 aliphatic rings. The van der Waals surface area contributed by atoms with Crippen LogP contribution < -0.4 is 16.0 Å². The zero-order valence-electron chi connectivity index (χ0n) is 13.6. The van der Waals surface area contributed by atoms with Crippen LogP contribution in [-0.2, 0) is 4.74 Å². The first-order valence-corrected chi connectivity index (χ1v) is 8.50. The maximum absolute atomic E-state index is 12.2. The molecule has 0 bridgehead atoms. The predicted molar refractivity (Wildman–Crippen MR) is 96.3 cm³/mol. The Morgan fingerprint density at radius 2 is 2.32 bits per heavy atom. The number of anilines is 1. The summed E-state index contributed by atoms with van der Waals surface area (Å²) in [6, 6.07) is 8.14. The molecule has 1 unspecified atom stereocenters. The summed E-state index contributed by atoms with van der Waals surface area (Å²) in [6.45, 7) is 2.30. The van der Waals surface area contributed by atoms with Crippen LogP contribution in [0.3, 0.4) is 0 Å². The van der Waals surface area contributed by atoms with Gasteiger partial charge in [0.05, 0.1) is 30.4 Å². The quantitative estimate of drug-likeness (QED) is 0.774. The van der Waals surface area contributed by atoms with E-state index >= 15 is 0 Å². The smallest absolute Gasteiger partial charge is 0.319 e.